The molecule has 0 radical (unpaired) electrons. The van der Waals surface area contributed by atoms with E-state index in [1.807, 2.05) is 30.3 Å². The minimum atomic E-state index is -4.62. The normalized spacial score (nSPS) is 16.3. The Morgan fingerprint density at radius 2 is 1.77 bits per heavy atom. The second kappa shape index (κ2) is 4.48. The maximum absolute atomic E-state index is 12.4. The molecule has 0 aliphatic carbocycles. The van der Waals surface area contributed by atoms with Gasteiger partial charge in [0.15, 0.2) is 0 Å². The number of hydrogen-bond acceptors (Lipinski definition) is 5. The number of carbonyl (C=O) groups excluding carboxylic acids is 1. The highest BCUT2D eigenvalue weighted by Crippen LogP contribution is 2.51. The Morgan fingerprint density at radius 3 is 2.55 bits per heavy atom. The highest BCUT2D eigenvalue weighted by molar-refractivity contribution is 7.99. The number of fused-ring (bicyclic) bond motifs is 2. The Balaban J connectivity index is 1.99. The van der Waals surface area contributed by atoms with Crippen molar-refractivity contribution in [2.24, 2.45) is 0 Å². The zero-order valence-electron chi connectivity index (χ0n) is 11.1. The van der Waals surface area contributed by atoms with Gasteiger partial charge in [-0.2, -0.15) is 12.7 Å². The monoisotopic (exact) mass is 334 g/mol. The zero-order valence-corrected chi connectivity index (χ0v) is 12.8. The molecule has 2 heterocycles. The van der Waals surface area contributed by atoms with Gasteiger partial charge in [0.1, 0.15) is 6.67 Å². The number of amides is 1. The van der Waals surface area contributed by atoms with E-state index in [0.29, 0.717) is 9.99 Å². The van der Waals surface area contributed by atoms with Crippen LogP contribution in [-0.4, -0.2) is 29.9 Å². The van der Waals surface area contributed by atoms with Crippen molar-refractivity contribution in [3.63, 3.8) is 0 Å². The lowest BCUT2D eigenvalue weighted by molar-refractivity contribution is 0.0844. The lowest BCUT2D eigenvalue weighted by Gasteiger charge is -2.40. The summed E-state index contributed by atoms with van der Waals surface area (Å²) in [6, 6.07) is 12.7. The molecule has 0 saturated heterocycles. The molecule has 2 aliphatic heterocycles. The molecule has 2 aromatic rings. The van der Waals surface area contributed by atoms with Gasteiger partial charge in [0.25, 0.3) is 5.91 Å². The summed E-state index contributed by atoms with van der Waals surface area (Å²) in [6.07, 6.45) is 0. The van der Waals surface area contributed by atoms with Crippen molar-refractivity contribution >= 4 is 39.3 Å². The van der Waals surface area contributed by atoms with Gasteiger partial charge in [0.2, 0.25) is 0 Å². The number of rotatable bonds is 1. The van der Waals surface area contributed by atoms with Crippen LogP contribution in [0.4, 0.5) is 11.4 Å². The molecule has 0 fully saturated rings. The first-order chi connectivity index (χ1) is 10.5. The third-order valence-electron chi connectivity index (χ3n) is 3.65. The van der Waals surface area contributed by atoms with E-state index in [1.165, 1.54) is 11.8 Å². The number of benzene rings is 2. The van der Waals surface area contributed by atoms with Crippen LogP contribution in [0, 0.1) is 0 Å². The second-order valence-corrected chi connectivity index (χ2v) is 7.34. The first-order valence-corrected chi connectivity index (χ1v) is 8.65. The molecular formula is C14H10N2O4S2. The molecule has 1 amide bonds. The van der Waals surface area contributed by atoms with E-state index in [1.54, 1.807) is 17.0 Å². The number of nitrogens with zero attached hydrogens (tertiary/aromatic N) is 2. The fraction of sp³-hybridized carbons (Fsp3) is 0.0714. The quantitative estimate of drug-likeness (QED) is 0.808. The molecule has 0 saturated carbocycles. The maximum Gasteiger partial charge on any atom is 0.364 e. The SMILES string of the molecule is O=C1c2cccc3c2N(CN1S(=O)(=O)O)c1ccccc1S3. The summed E-state index contributed by atoms with van der Waals surface area (Å²) < 4.78 is 32.8. The third-order valence-corrected chi connectivity index (χ3v) is 5.60. The lowest BCUT2D eigenvalue weighted by Crippen LogP contribution is -2.48. The molecule has 0 bridgehead atoms. The van der Waals surface area contributed by atoms with Crippen LogP contribution < -0.4 is 4.90 Å². The van der Waals surface area contributed by atoms with Gasteiger partial charge in [-0.1, -0.05) is 30.0 Å². The number of anilines is 2. The van der Waals surface area contributed by atoms with Gasteiger partial charge in [-0.05, 0) is 24.3 Å². The minimum absolute atomic E-state index is 0.237. The smallest absolute Gasteiger partial charge is 0.319 e. The van der Waals surface area contributed by atoms with Crippen LogP contribution >= 0.6 is 11.8 Å². The fourth-order valence-electron chi connectivity index (χ4n) is 2.71. The van der Waals surface area contributed by atoms with Gasteiger partial charge < -0.3 is 4.90 Å². The number of para-hydroxylation sites is 2. The zero-order chi connectivity index (χ0) is 15.5. The fourth-order valence-corrected chi connectivity index (χ4v) is 4.41. The van der Waals surface area contributed by atoms with E-state index in [-0.39, 0.29) is 12.2 Å². The summed E-state index contributed by atoms with van der Waals surface area (Å²) >= 11 is 1.54. The second-order valence-electron chi connectivity index (χ2n) is 4.92. The summed E-state index contributed by atoms with van der Waals surface area (Å²) in [5, 5.41) is 0. The van der Waals surface area contributed by atoms with E-state index in [4.69, 9.17) is 0 Å². The molecule has 0 unspecified atom stereocenters. The molecule has 0 aromatic heterocycles. The van der Waals surface area contributed by atoms with Gasteiger partial charge in [0, 0.05) is 9.79 Å². The van der Waals surface area contributed by atoms with Crippen molar-refractivity contribution in [3.05, 3.63) is 48.0 Å². The van der Waals surface area contributed by atoms with Crippen LogP contribution in [0.15, 0.2) is 52.3 Å². The number of carbonyl (C=O) groups is 1. The van der Waals surface area contributed by atoms with Crippen molar-refractivity contribution in [1.29, 1.82) is 0 Å². The summed E-state index contributed by atoms with van der Waals surface area (Å²) in [5.41, 5.74) is 1.77. The molecule has 22 heavy (non-hydrogen) atoms. The third kappa shape index (κ3) is 1.84. The standard InChI is InChI=1S/C14H10N2O4S2/c17-14-9-4-3-7-12-13(9)15(8-16(14)22(18,19)20)10-5-1-2-6-11(10)21-12/h1-7H,8H2,(H,18,19,20). The predicted octanol–water partition coefficient (Wildman–Crippen LogP) is 2.51. The summed E-state index contributed by atoms with van der Waals surface area (Å²) in [4.78, 5) is 16.0. The first kappa shape index (κ1) is 13.6. The average molecular weight is 334 g/mol. The van der Waals surface area contributed by atoms with E-state index in [0.717, 1.165) is 15.5 Å². The Labute approximate surface area is 131 Å². The van der Waals surface area contributed by atoms with Gasteiger partial charge in [0.05, 0.1) is 16.9 Å². The molecule has 0 spiro atoms. The van der Waals surface area contributed by atoms with Crippen LogP contribution in [0.25, 0.3) is 0 Å². The Kier molecular flexibility index (Phi) is 2.77. The molecular weight excluding hydrogens is 324 g/mol. The molecule has 4 rings (SSSR count). The van der Waals surface area contributed by atoms with Crippen molar-refractivity contribution < 1.29 is 17.8 Å². The largest absolute Gasteiger partial charge is 0.364 e. The van der Waals surface area contributed by atoms with Crippen molar-refractivity contribution in [1.82, 2.24) is 4.31 Å². The van der Waals surface area contributed by atoms with Crippen LogP contribution in [0.5, 0.6) is 0 Å². The maximum atomic E-state index is 12.4. The topological polar surface area (TPSA) is 77.9 Å². The predicted molar refractivity (Wildman–Crippen MR) is 81.7 cm³/mol. The van der Waals surface area contributed by atoms with Gasteiger partial charge in [-0.15, -0.1) is 0 Å². The van der Waals surface area contributed by atoms with E-state index in [2.05, 4.69) is 0 Å². The highest BCUT2D eigenvalue weighted by atomic mass is 32.2. The van der Waals surface area contributed by atoms with Gasteiger partial charge in [-0.3, -0.25) is 9.35 Å². The minimum Gasteiger partial charge on any atom is -0.319 e. The van der Waals surface area contributed by atoms with Crippen LogP contribution in [0.1, 0.15) is 10.4 Å². The lowest BCUT2D eigenvalue weighted by atomic mass is 10.1. The highest BCUT2D eigenvalue weighted by Gasteiger charge is 2.39. The summed E-state index contributed by atoms with van der Waals surface area (Å²) in [5.74, 6) is -0.712. The molecule has 0 atom stereocenters. The van der Waals surface area contributed by atoms with Crippen LogP contribution in [0.2, 0.25) is 0 Å². The Morgan fingerprint density at radius 1 is 1.05 bits per heavy atom. The molecule has 2 aliphatic rings. The molecule has 1 N–H and O–H groups in total. The molecule has 8 heteroatoms. The Bertz CT molecular complexity index is 911. The van der Waals surface area contributed by atoms with E-state index < -0.39 is 16.2 Å². The van der Waals surface area contributed by atoms with Crippen LogP contribution in [-0.2, 0) is 10.3 Å². The van der Waals surface area contributed by atoms with E-state index in [9.17, 15) is 17.8 Å². The summed E-state index contributed by atoms with van der Waals surface area (Å²) in [7, 11) is -4.62. The Hall–Kier alpha value is -2.03. The first-order valence-electron chi connectivity index (χ1n) is 6.44. The molecule has 112 valence electrons. The van der Waals surface area contributed by atoms with E-state index >= 15 is 0 Å². The molecule has 2 aromatic carbocycles. The van der Waals surface area contributed by atoms with Crippen molar-refractivity contribution in [3.8, 4) is 0 Å². The number of hydrogen-bond donors (Lipinski definition) is 1. The van der Waals surface area contributed by atoms with Gasteiger partial charge in [-0.25, -0.2) is 0 Å². The van der Waals surface area contributed by atoms with Gasteiger partial charge >= 0.3 is 10.3 Å². The van der Waals surface area contributed by atoms with Crippen LogP contribution in [0.3, 0.4) is 0 Å². The molecule has 6 nitrogen and oxygen atoms in total. The summed E-state index contributed by atoms with van der Waals surface area (Å²) in [6.45, 7) is -0.237. The van der Waals surface area contributed by atoms with Crippen molar-refractivity contribution in [2.75, 3.05) is 11.6 Å². The average Bonchev–Trinajstić information content (AvgIpc) is 2.48. The van der Waals surface area contributed by atoms with Crippen molar-refractivity contribution in [2.45, 2.75) is 9.79 Å².